The van der Waals surface area contributed by atoms with E-state index in [1.165, 1.54) is 154 Å². The maximum absolute atomic E-state index is 13.1. The number of carbonyl (C=O) groups excluding carboxylic acids is 4. The molecule has 0 bridgehead atoms. The molecule has 0 aliphatic heterocycles. The minimum atomic E-state index is -4.97. The quantitative estimate of drug-likeness (QED) is 0.0169. The van der Waals surface area contributed by atoms with Crippen LogP contribution < -0.4 is 0 Å². The predicted molar refractivity (Wildman–Crippen MR) is 409 cm³/mol. The Balaban J connectivity index is 5.31. The van der Waals surface area contributed by atoms with Crippen LogP contribution in [0, 0.1) is 0 Å². The highest BCUT2D eigenvalue weighted by Crippen LogP contribution is 2.45. The third kappa shape index (κ3) is 73.3. The molecule has 0 aromatic carbocycles. The molecule has 0 aromatic heterocycles. The second-order valence-corrected chi connectivity index (χ2v) is 30.6. The van der Waals surface area contributed by atoms with E-state index < -0.39 is 97.5 Å². The lowest BCUT2D eigenvalue weighted by Gasteiger charge is -2.21. The average Bonchev–Trinajstić information content (AvgIpc) is 1.06. The van der Waals surface area contributed by atoms with Gasteiger partial charge in [-0.1, -0.05) is 327 Å². The molecule has 0 rings (SSSR count). The van der Waals surface area contributed by atoms with E-state index in [2.05, 4.69) is 76.3 Å². The van der Waals surface area contributed by atoms with E-state index >= 15 is 0 Å². The van der Waals surface area contributed by atoms with Crippen molar-refractivity contribution < 1.29 is 80.2 Å². The molecule has 0 aromatic rings. The van der Waals surface area contributed by atoms with Crippen LogP contribution in [0.15, 0.2) is 48.6 Å². The van der Waals surface area contributed by atoms with Crippen LogP contribution in [0.1, 0.15) is 387 Å². The summed E-state index contributed by atoms with van der Waals surface area (Å²) in [5, 5.41) is 10.6. The molecule has 100 heavy (non-hydrogen) atoms. The van der Waals surface area contributed by atoms with Crippen molar-refractivity contribution in [1.29, 1.82) is 0 Å². The number of hydrogen-bond acceptors (Lipinski definition) is 15. The number of carbonyl (C=O) groups is 4. The summed E-state index contributed by atoms with van der Waals surface area (Å²) >= 11 is 0. The van der Waals surface area contributed by atoms with Crippen molar-refractivity contribution in [1.82, 2.24) is 0 Å². The Labute approximate surface area is 610 Å². The Morgan fingerprint density at radius 1 is 0.290 bits per heavy atom. The first-order chi connectivity index (χ1) is 48.7. The fourth-order valence-corrected chi connectivity index (χ4v) is 13.2. The molecule has 0 aliphatic rings. The Morgan fingerprint density at radius 2 is 0.520 bits per heavy atom. The monoisotopic (exact) mass is 1460 g/mol. The summed E-state index contributed by atoms with van der Waals surface area (Å²) in [6.45, 7) is 4.84. The molecular weight excluding hydrogens is 1310 g/mol. The second kappa shape index (κ2) is 74.3. The molecule has 0 aliphatic carbocycles. The minimum Gasteiger partial charge on any atom is -0.462 e. The molecule has 19 heteroatoms. The summed E-state index contributed by atoms with van der Waals surface area (Å²) in [5.41, 5.74) is 0. The average molecular weight is 1460 g/mol. The normalized spacial score (nSPS) is 14.1. The maximum atomic E-state index is 13.1. The summed E-state index contributed by atoms with van der Waals surface area (Å²) in [6.07, 6.45) is 72.2. The van der Waals surface area contributed by atoms with Gasteiger partial charge in [0.1, 0.15) is 19.3 Å². The Kier molecular flexibility index (Phi) is 72.1. The van der Waals surface area contributed by atoms with Gasteiger partial charge < -0.3 is 33.8 Å². The summed E-state index contributed by atoms with van der Waals surface area (Å²) in [7, 11) is -9.94. The van der Waals surface area contributed by atoms with Gasteiger partial charge in [-0.15, -0.1) is 0 Å². The topological polar surface area (TPSA) is 237 Å². The Bertz CT molecular complexity index is 2080. The summed E-state index contributed by atoms with van der Waals surface area (Å²) < 4.78 is 68.7. The zero-order valence-electron chi connectivity index (χ0n) is 64.1. The molecule has 0 radical (unpaired) electrons. The van der Waals surface area contributed by atoms with Crippen LogP contribution in [0.4, 0.5) is 0 Å². The molecule has 5 unspecified atom stereocenters. The number of rotatable bonds is 78. The van der Waals surface area contributed by atoms with Gasteiger partial charge in [0.15, 0.2) is 12.2 Å². The van der Waals surface area contributed by atoms with Crippen molar-refractivity contribution in [3.8, 4) is 0 Å². The number of ether oxygens (including phenoxy) is 4. The first kappa shape index (κ1) is 97.0. The van der Waals surface area contributed by atoms with Crippen molar-refractivity contribution in [2.24, 2.45) is 0 Å². The van der Waals surface area contributed by atoms with Crippen molar-refractivity contribution in [2.75, 3.05) is 39.6 Å². The fourth-order valence-electron chi connectivity index (χ4n) is 11.6. The summed E-state index contributed by atoms with van der Waals surface area (Å²) in [6, 6.07) is 0. The zero-order valence-corrected chi connectivity index (χ0v) is 65.9. The summed E-state index contributed by atoms with van der Waals surface area (Å²) in [5.74, 6) is -2.15. The van der Waals surface area contributed by atoms with Gasteiger partial charge >= 0.3 is 39.5 Å². The third-order valence-electron chi connectivity index (χ3n) is 17.8. The van der Waals surface area contributed by atoms with Crippen LogP contribution in [-0.4, -0.2) is 96.7 Å². The van der Waals surface area contributed by atoms with Gasteiger partial charge in [-0.05, 0) is 83.5 Å². The first-order valence-corrected chi connectivity index (χ1v) is 43.9. The van der Waals surface area contributed by atoms with Gasteiger partial charge in [0.05, 0.1) is 26.4 Å². The maximum Gasteiger partial charge on any atom is 0.472 e. The predicted octanol–water partition coefficient (Wildman–Crippen LogP) is 23.7. The minimum absolute atomic E-state index is 0.101. The molecule has 3 N–H and O–H groups in total. The molecule has 17 nitrogen and oxygen atoms in total. The van der Waals surface area contributed by atoms with Gasteiger partial charge in [-0.3, -0.25) is 37.3 Å². The van der Waals surface area contributed by atoms with Crippen molar-refractivity contribution in [3.05, 3.63) is 48.6 Å². The van der Waals surface area contributed by atoms with Gasteiger partial charge in [0, 0.05) is 25.7 Å². The SMILES string of the molecule is CC/C=C\C/C=C\C/C=C\CCCCCCCCCC(=O)OCC(COP(=O)(O)OCC(O)COP(=O)(O)OCC(COC(=O)CCCCCCC/C=C\CCCCCCCC)OC(=O)CCCCCCCCCCCCCCC)OC(=O)CCCCCCCCCCCCCCCCC. The van der Waals surface area contributed by atoms with Gasteiger partial charge in [0.2, 0.25) is 0 Å². The zero-order chi connectivity index (χ0) is 73.2. The van der Waals surface area contributed by atoms with Crippen molar-refractivity contribution in [3.63, 3.8) is 0 Å². The molecule has 5 atom stereocenters. The third-order valence-corrected chi connectivity index (χ3v) is 19.7. The fraction of sp³-hybridized carbons (Fsp3) is 0.852. The number of hydrogen-bond donors (Lipinski definition) is 3. The van der Waals surface area contributed by atoms with Gasteiger partial charge in [-0.2, -0.15) is 0 Å². The lowest BCUT2D eigenvalue weighted by molar-refractivity contribution is -0.161. The van der Waals surface area contributed by atoms with Crippen LogP contribution in [0.25, 0.3) is 0 Å². The van der Waals surface area contributed by atoms with Gasteiger partial charge in [0.25, 0.3) is 0 Å². The molecule has 586 valence electrons. The van der Waals surface area contributed by atoms with Crippen LogP contribution in [0.2, 0.25) is 0 Å². The smallest absolute Gasteiger partial charge is 0.462 e. The highest BCUT2D eigenvalue weighted by molar-refractivity contribution is 7.47. The number of phosphoric acid groups is 2. The number of allylic oxidation sites excluding steroid dienone is 8. The molecular formula is C81H150O17P2. The first-order valence-electron chi connectivity index (χ1n) is 40.9. The van der Waals surface area contributed by atoms with Crippen molar-refractivity contribution in [2.45, 2.75) is 406 Å². The second-order valence-electron chi connectivity index (χ2n) is 27.7. The molecule has 0 saturated heterocycles. The number of esters is 4. The molecule has 0 fully saturated rings. The number of aliphatic hydroxyl groups excluding tert-OH is 1. The molecule has 0 spiro atoms. The summed E-state index contributed by atoms with van der Waals surface area (Å²) in [4.78, 5) is 73.0. The lowest BCUT2D eigenvalue weighted by atomic mass is 10.0. The van der Waals surface area contributed by atoms with Crippen LogP contribution in [0.3, 0.4) is 0 Å². The van der Waals surface area contributed by atoms with E-state index in [9.17, 15) is 43.2 Å². The number of unbranched alkanes of at least 4 members (excludes halogenated alkanes) is 44. The number of phosphoric ester groups is 2. The van der Waals surface area contributed by atoms with Crippen LogP contribution >= 0.6 is 15.6 Å². The van der Waals surface area contributed by atoms with Crippen LogP contribution in [-0.2, 0) is 65.4 Å². The van der Waals surface area contributed by atoms with E-state index in [4.69, 9.17) is 37.0 Å². The number of aliphatic hydroxyl groups is 1. The Morgan fingerprint density at radius 3 is 0.810 bits per heavy atom. The largest absolute Gasteiger partial charge is 0.472 e. The van der Waals surface area contributed by atoms with Crippen molar-refractivity contribution >= 4 is 39.5 Å². The molecule has 0 heterocycles. The molecule has 0 amide bonds. The lowest BCUT2D eigenvalue weighted by Crippen LogP contribution is -2.30. The van der Waals surface area contributed by atoms with E-state index in [1.54, 1.807) is 0 Å². The van der Waals surface area contributed by atoms with E-state index in [-0.39, 0.29) is 25.7 Å². The van der Waals surface area contributed by atoms with E-state index in [1.807, 2.05) is 0 Å². The standard InChI is InChI=1S/C81H150O17P2/c1-5-9-13-17-21-25-29-33-36-37-40-43-46-50-54-58-62-66-79(84)92-72-77(98-81(86)68-64-60-56-52-48-44-39-35-31-27-23-19-15-11-7-3)74-96-100(89,90)94-70-75(82)69-93-99(87,88)95-73-76(97-80(85)67-63-59-55-51-47-41-32-28-24-20-16-12-8-4)71-91-78(83)65-61-57-53-49-45-42-38-34-30-26-22-18-14-10-6-2/h9,13,21,25,33-34,36,38,75-77,82H,5-8,10-12,14-20,22-24,26-32,35,37,39-74H2,1-4H3,(H,87,88)(H,89,90)/b13-9-,25-21-,36-33-,38-34-. The molecule has 0 saturated carbocycles. The highest BCUT2D eigenvalue weighted by atomic mass is 31.2. The van der Waals surface area contributed by atoms with E-state index in [0.29, 0.717) is 25.7 Å². The van der Waals surface area contributed by atoms with E-state index in [0.717, 1.165) is 154 Å². The Hall–Kier alpha value is -2.98. The van der Waals surface area contributed by atoms with Gasteiger partial charge in [-0.25, -0.2) is 9.13 Å². The van der Waals surface area contributed by atoms with Crippen LogP contribution in [0.5, 0.6) is 0 Å². The highest BCUT2D eigenvalue weighted by Gasteiger charge is 2.30.